The van der Waals surface area contributed by atoms with E-state index in [1.54, 1.807) is 25.3 Å². The van der Waals surface area contributed by atoms with Crippen LogP contribution in [0.2, 0.25) is 0 Å². The SMILES string of the molecule is COc1ccc2c(c1)[C@@H](NC(=O)/C(=C/c1cccs1)NC(=O)c1cccc(C)c1)CC(C)(C)O2. The number of benzene rings is 2. The van der Waals surface area contributed by atoms with E-state index in [4.69, 9.17) is 9.47 Å². The summed E-state index contributed by atoms with van der Waals surface area (Å²) in [5.41, 5.74) is 2.01. The zero-order valence-corrected chi connectivity index (χ0v) is 20.5. The number of ether oxygens (including phenoxy) is 2. The molecule has 0 saturated heterocycles. The summed E-state index contributed by atoms with van der Waals surface area (Å²) in [5, 5.41) is 7.85. The minimum absolute atomic E-state index is 0.183. The maximum Gasteiger partial charge on any atom is 0.268 e. The molecule has 1 aliphatic heterocycles. The molecule has 1 atom stereocenters. The van der Waals surface area contributed by atoms with Gasteiger partial charge in [0.25, 0.3) is 11.8 Å². The summed E-state index contributed by atoms with van der Waals surface area (Å²) in [5.74, 6) is 0.681. The van der Waals surface area contributed by atoms with Crippen molar-refractivity contribution in [3.05, 3.63) is 87.2 Å². The Balaban J connectivity index is 1.63. The molecule has 0 unspecified atom stereocenters. The molecule has 0 spiro atoms. The second kappa shape index (κ2) is 9.73. The molecule has 2 amide bonds. The third-order valence-corrected chi connectivity index (χ3v) is 6.40. The summed E-state index contributed by atoms with van der Waals surface area (Å²) in [7, 11) is 1.60. The molecule has 0 radical (unpaired) electrons. The fourth-order valence-electron chi connectivity index (χ4n) is 3.98. The Morgan fingerprint density at radius 2 is 1.97 bits per heavy atom. The van der Waals surface area contributed by atoms with Gasteiger partial charge in [-0.1, -0.05) is 23.8 Å². The van der Waals surface area contributed by atoms with E-state index in [1.807, 2.05) is 68.6 Å². The monoisotopic (exact) mass is 476 g/mol. The molecule has 34 heavy (non-hydrogen) atoms. The van der Waals surface area contributed by atoms with Crippen LogP contribution in [0.5, 0.6) is 11.5 Å². The predicted octanol–water partition coefficient (Wildman–Crippen LogP) is 5.25. The number of aryl methyl sites for hydroxylation is 1. The number of fused-ring (bicyclic) bond motifs is 1. The van der Waals surface area contributed by atoms with Gasteiger partial charge >= 0.3 is 0 Å². The second-order valence-electron chi connectivity index (χ2n) is 8.89. The van der Waals surface area contributed by atoms with Crippen LogP contribution in [-0.4, -0.2) is 24.5 Å². The number of hydrogen-bond donors (Lipinski definition) is 2. The van der Waals surface area contributed by atoms with Crippen LogP contribution < -0.4 is 20.1 Å². The van der Waals surface area contributed by atoms with E-state index in [9.17, 15) is 9.59 Å². The lowest BCUT2D eigenvalue weighted by Gasteiger charge is -2.38. The molecular weight excluding hydrogens is 448 g/mol. The summed E-state index contributed by atoms with van der Waals surface area (Å²) >= 11 is 1.49. The molecule has 7 heteroatoms. The van der Waals surface area contributed by atoms with Crippen LogP contribution in [0.15, 0.2) is 65.7 Å². The first-order valence-corrected chi connectivity index (χ1v) is 11.9. The Labute approximate surface area is 203 Å². The van der Waals surface area contributed by atoms with E-state index in [2.05, 4.69) is 10.6 Å². The third-order valence-electron chi connectivity index (χ3n) is 5.58. The second-order valence-corrected chi connectivity index (χ2v) is 9.87. The predicted molar refractivity (Wildman–Crippen MR) is 134 cm³/mol. The van der Waals surface area contributed by atoms with E-state index in [0.717, 1.165) is 16.0 Å². The van der Waals surface area contributed by atoms with Crippen molar-refractivity contribution in [2.75, 3.05) is 7.11 Å². The molecular formula is C27H28N2O4S. The van der Waals surface area contributed by atoms with Crippen LogP contribution in [0.25, 0.3) is 6.08 Å². The molecule has 0 bridgehead atoms. The number of methoxy groups -OCH3 is 1. The highest BCUT2D eigenvalue weighted by Gasteiger charge is 2.35. The number of rotatable bonds is 6. The van der Waals surface area contributed by atoms with Gasteiger partial charge in [-0.2, -0.15) is 0 Å². The van der Waals surface area contributed by atoms with Gasteiger partial charge in [0.05, 0.1) is 13.2 Å². The van der Waals surface area contributed by atoms with Crippen LogP contribution in [0.1, 0.15) is 52.7 Å². The van der Waals surface area contributed by atoms with Crippen molar-refractivity contribution in [1.82, 2.24) is 10.6 Å². The van der Waals surface area contributed by atoms with Gasteiger partial charge in [0.15, 0.2) is 0 Å². The van der Waals surface area contributed by atoms with Crippen LogP contribution >= 0.6 is 11.3 Å². The van der Waals surface area contributed by atoms with Crippen molar-refractivity contribution in [3.63, 3.8) is 0 Å². The van der Waals surface area contributed by atoms with E-state index in [1.165, 1.54) is 11.3 Å². The number of thiophene rings is 1. The highest BCUT2D eigenvalue weighted by molar-refractivity contribution is 7.10. The average molecular weight is 477 g/mol. The standard InChI is InChI=1S/C27H28N2O4S/c1-17-7-5-8-18(13-17)25(30)28-22(15-20-9-6-12-34-20)26(31)29-23-16-27(2,3)33-24-11-10-19(32-4)14-21(23)24/h5-15,23H,16H2,1-4H3,(H,28,30)(H,29,31)/b22-15-/t23-/m0/s1. The fourth-order valence-corrected chi connectivity index (χ4v) is 4.64. The Hall–Kier alpha value is -3.58. The Bertz CT molecular complexity index is 1230. The van der Waals surface area contributed by atoms with Gasteiger partial charge < -0.3 is 20.1 Å². The first kappa shape index (κ1) is 23.6. The molecule has 1 aromatic heterocycles. The summed E-state index contributed by atoms with van der Waals surface area (Å²) in [6, 6.07) is 16.3. The van der Waals surface area contributed by atoms with Crippen molar-refractivity contribution in [2.45, 2.75) is 38.8 Å². The number of carbonyl (C=O) groups is 2. The van der Waals surface area contributed by atoms with Crippen molar-refractivity contribution < 1.29 is 19.1 Å². The lowest BCUT2D eigenvalue weighted by Crippen LogP contribution is -2.43. The maximum atomic E-state index is 13.5. The van der Waals surface area contributed by atoms with Crippen molar-refractivity contribution in [2.24, 2.45) is 0 Å². The van der Waals surface area contributed by atoms with Gasteiger partial charge in [-0.05, 0) is 68.6 Å². The first-order chi connectivity index (χ1) is 16.2. The molecule has 3 aromatic rings. The molecule has 6 nitrogen and oxygen atoms in total. The number of amides is 2. The summed E-state index contributed by atoms with van der Waals surface area (Å²) < 4.78 is 11.5. The van der Waals surface area contributed by atoms with Crippen LogP contribution in [0.4, 0.5) is 0 Å². The topological polar surface area (TPSA) is 76.7 Å². The molecule has 2 N–H and O–H groups in total. The lowest BCUT2D eigenvalue weighted by atomic mass is 9.89. The molecule has 1 aliphatic rings. The van der Waals surface area contributed by atoms with Crippen LogP contribution in [0.3, 0.4) is 0 Å². The summed E-state index contributed by atoms with van der Waals surface area (Å²) in [6.07, 6.45) is 2.27. The number of hydrogen-bond acceptors (Lipinski definition) is 5. The largest absolute Gasteiger partial charge is 0.497 e. The molecule has 0 saturated carbocycles. The molecule has 0 aliphatic carbocycles. The van der Waals surface area contributed by atoms with Crippen molar-refractivity contribution in [1.29, 1.82) is 0 Å². The number of carbonyl (C=O) groups excluding carboxylic acids is 2. The highest BCUT2D eigenvalue weighted by Crippen LogP contribution is 2.41. The quantitative estimate of drug-likeness (QED) is 0.476. The smallest absolute Gasteiger partial charge is 0.268 e. The summed E-state index contributed by atoms with van der Waals surface area (Å²) in [6.45, 7) is 5.90. The van der Waals surface area contributed by atoms with E-state index in [0.29, 0.717) is 23.5 Å². The average Bonchev–Trinajstić information content (AvgIpc) is 3.31. The first-order valence-electron chi connectivity index (χ1n) is 11.0. The Morgan fingerprint density at radius 1 is 1.15 bits per heavy atom. The lowest BCUT2D eigenvalue weighted by molar-refractivity contribution is -0.119. The van der Waals surface area contributed by atoms with E-state index < -0.39 is 5.60 Å². The fraction of sp³-hybridized carbons (Fsp3) is 0.259. The number of nitrogens with one attached hydrogen (secondary N) is 2. The van der Waals surface area contributed by atoms with Crippen molar-refractivity contribution in [3.8, 4) is 11.5 Å². The Kier molecular flexibility index (Phi) is 6.75. The zero-order chi connectivity index (χ0) is 24.3. The Morgan fingerprint density at radius 3 is 2.68 bits per heavy atom. The molecule has 4 rings (SSSR count). The van der Waals surface area contributed by atoms with Crippen LogP contribution in [0, 0.1) is 6.92 Å². The van der Waals surface area contributed by atoms with E-state index >= 15 is 0 Å². The zero-order valence-electron chi connectivity index (χ0n) is 19.7. The molecule has 2 aromatic carbocycles. The minimum atomic E-state index is -0.470. The summed E-state index contributed by atoms with van der Waals surface area (Å²) in [4.78, 5) is 27.3. The molecule has 2 heterocycles. The minimum Gasteiger partial charge on any atom is -0.497 e. The van der Waals surface area contributed by atoms with Gasteiger partial charge in [-0.3, -0.25) is 9.59 Å². The van der Waals surface area contributed by atoms with Gasteiger partial charge in [0, 0.05) is 22.4 Å². The van der Waals surface area contributed by atoms with Gasteiger partial charge in [-0.15, -0.1) is 11.3 Å². The maximum absolute atomic E-state index is 13.5. The van der Waals surface area contributed by atoms with Crippen molar-refractivity contribution >= 4 is 29.2 Å². The van der Waals surface area contributed by atoms with Crippen LogP contribution in [-0.2, 0) is 4.79 Å². The highest BCUT2D eigenvalue weighted by atomic mass is 32.1. The van der Waals surface area contributed by atoms with Gasteiger partial charge in [0.1, 0.15) is 22.8 Å². The van der Waals surface area contributed by atoms with E-state index in [-0.39, 0.29) is 23.6 Å². The normalized spacial score (nSPS) is 16.7. The van der Waals surface area contributed by atoms with Gasteiger partial charge in [0.2, 0.25) is 0 Å². The molecule has 176 valence electrons. The third kappa shape index (κ3) is 5.48. The van der Waals surface area contributed by atoms with Gasteiger partial charge in [-0.25, -0.2) is 0 Å². The molecule has 0 fully saturated rings.